The zero-order valence-electron chi connectivity index (χ0n) is 29.9. The van der Waals surface area contributed by atoms with Crippen LogP contribution in [0.4, 0.5) is 0 Å². The summed E-state index contributed by atoms with van der Waals surface area (Å²) in [6.07, 6.45) is 19.4. The van der Waals surface area contributed by atoms with Gasteiger partial charge in [-0.3, -0.25) is 9.59 Å². The number of hydrogen-bond donors (Lipinski definition) is 2. The van der Waals surface area contributed by atoms with Gasteiger partial charge in [0.15, 0.2) is 0 Å². The molecule has 0 radical (unpaired) electrons. The van der Waals surface area contributed by atoms with Crippen molar-refractivity contribution in [2.75, 3.05) is 26.4 Å². The number of carbonyl (C=O) groups is 2. The van der Waals surface area contributed by atoms with Crippen molar-refractivity contribution in [1.29, 1.82) is 0 Å². The predicted molar refractivity (Wildman–Crippen MR) is 180 cm³/mol. The first-order valence-corrected chi connectivity index (χ1v) is 19.8. The van der Waals surface area contributed by atoms with Gasteiger partial charge in [-0.25, -0.2) is 0 Å². The second kappa shape index (κ2) is 15.4. The molecule has 0 bridgehead atoms. The molecule has 4 heterocycles. The third-order valence-corrected chi connectivity index (χ3v) is 14.1. The third-order valence-electron chi connectivity index (χ3n) is 14.1. The molecule has 2 N–H and O–H groups in total. The zero-order chi connectivity index (χ0) is 34.2. The normalized spacial score (nSPS) is 41.9. The molecule has 8 unspecified atom stereocenters. The molecule has 8 atom stereocenters. The van der Waals surface area contributed by atoms with E-state index in [4.69, 9.17) is 33.5 Å². The molecular formula is C39H62O10. The number of aliphatic carboxylic acids is 2. The Labute approximate surface area is 292 Å². The van der Waals surface area contributed by atoms with E-state index in [1.165, 1.54) is 51.4 Å². The lowest BCUT2D eigenvalue weighted by Crippen LogP contribution is -2.48. The molecule has 0 aromatic rings. The fourth-order valence-corrected chi connectivity index (χ4v) is 10.6. The Kier molecular flexibility index (Phi) is 11.3. The van der Waals surface area contributed by atoms with Crippen molar-refractivity contribution < 1.29 is 48.2 Å². The number of carboxylic acids is 2. The molecule has 0 aromatic carbocycles. The Morgan fingerprint density at radius 1 is 0.633 bits per heavy atom. The minimum Gasteiger partial charge on any atom is -0.481 e. The SMILES string of the molecule is CC(C)(C1CCC(OCC2CO2)CC1)C1CCC(OCC2CO2)CC1.O=C(O)CCCC(C(=O)O)(C1CCC2OC2C1)C1CCC2OC2C1. The molecule has 0 amide bonds. The van der Waals surface area contributed by atoms with E-state index in [0.29, 0.717) is 54.9 Å². The van der Waals surface area contributed by atoms with E-state index in [-0.39, 0.29) is 30.5 Å². The number of epoxide rings is 4. The van der Waals surface area contributed by atoms with Gasteiger partial charge in [-0.1, -0.05) is 13.8 Å². The molecule has 10 nitrogen and oxygen atoms in total. The van der Waals surface area contributed by atoms with Crippen LogP contribution in [0.25, 0.3) is 0 Å². The largest absolute Gasteiger partial charge is 0.481 e. The molecule has 4 saturated carbocycles. The molecule has 8 fully saturated rings. The molecule has 0 aromatic heterocycles. The van der Waals surface area contributed by atoms with E-state index < -0.39 is 17.4 Å². The van der Waals surface area contributed by atoms with Gasteiger partial charge in [0.2, 0.25) is 0 Å². The lowest BCUT2D eigenvalue weighted by Gasteiger charge is -2.46. The Balaban J connectivity index is 0.000000154. The van der Waals surface area contributed by atoms with Crippen molar-refractivity contribution >= 4 is 11.9 Å². The van der Waals surface area contributed by atoms with Crippen molar-refractivity contribution in [3.8, 4) is 0 Å². The molecule has 0 spiro atoms. The van der Waals surface area contributed by atoms with Crippen molar-refractivity contribution in [3.63, 3.8) is 0 Å². The third kappa shape index (κ3) is 9.02. The van der Waals surface area contributed by atoms with Crippen LogP contribution in [0, 0.1) is 34.5 Å². The summed E-state index contributed by atoms with van der Waals surface area (Å²) in [5.41, 5.74) is -0.363. The Bertz CT molecular complexity index is 1050. The first-order chi connectivity index (χ1) is 23.6. The van der Waals surface area contributed by atoms with Gasteiger partial charge < -0.3 is 38.6 Å². The van der Waals surface area contributed by atoms with Crippen molar-refractivity contribution in [2.45, 2.75) is 172 Å². The summed E-state index contributed by atoms with van der Waals surface area (Å²) in [7, 11) is 0. The number of rotatable bonds is 15. The number of fused-ring (bicyclic) bond motifs is 2. The summed E-state index contributed by atoms with van der Waals surface area (Å²) >= 11 is 0. The second-order valence-electron chi connectivity index (χ2n) is 17.4. The van der Waals surface area contributed by atoms with Gasteiger partial charge in [0.05, 0.1) is 68.5 Å². The maximum Gasteiger partial charge on any atom is 0.310 e. The van der Waals surface area contributed by atoms with Crippen LogP contribution in [0.5, 0.6) is 0 Å². The van der Waals surface area contributed by atoms with Crippen LogP contribution < -0.4 is 0 Å². The van der Waals surface area contributed by atoms with Crippen LogP contribution in [0.1, 0.15) is 123 Å². The first-order valence-electron chi connectivity index (χ1n) is 19.8. The van der Waals surface area contributed by atoms with E-state index in [0.717, 1.165) is 76.8 Å². The first kappa shape index (κ1) is 36.1. The lowest BCUT2D eigenvalue weighted by molar-refractivity contribution is -0.161. The Hall–Kier alpha value is -1.30. The monoisotopic (exact) mass is 690 g/mol. The average molecular weight is 691 g/mol. The lowest BCUT2D eigenvalue weighted by atomic mass is 9.57. The van der Waals surface area contributed by atoms with Gasteiger partial charge in [0, 0.05) is 6.42 Å². The van der Waals surface area contributed by atoms with Crippen LogP contribution in [0.2, 0.25) is 0 Å². The summed E-state index contributed by atoms with van der Waals surface area (Å²) in [5.74, 6) is 0.304. The molecule has 4 saturated heterocycles. The van der Waals surface area contributed by atoms with Gasteiger partial charge in [-0.2, -0.15) is 0 Å². The standard InChI is InChI=1S/C21H36O4.C18H26O6/c1-21(2,15-3-7-17(8-4-15)22-11-19-13-24-19)16-5-9-18(10-6-16)23-12-20-14-25-20;19-16(20)2-1-7-18(17(21)22,10-3-5-12-14(8-10)23-12)11-4-6-13-15(9-11)24-13/h15-20H,3-14H2,1-2H3;10-15H,1-9H2,(H,19,20)(H,21,22). The van der Waals surface area contributed by atoms with Gasteiger partial charge in [-0.05, 0) is 132 Å². The summed E-state index contributed by atoms with van der Waals surface area (Å²) in [5, 5.41) is 19.2. The van der Waals surface area contributed by atoms with Crippen LogP contribution in [0.15, 0.2) is 0 Å². The van der Waals surface area contributed by atoms with Crippen molar-refractivity contribution in [2.24, 2.45) is 34.5 Å². The van der Waals surface area contributed by atoms with E-state index >= 15 is 0 Å². The fourth-order valence-electron chi connectivity index (χ4n) is 10.6. The highest BCUT2D eigenvalue weighted by atomic mass is 16.6. The highest BCUT2D eigenvalue weighted by Crippen LogP contribution is 2.57. The zero-order valence-corrected chi connectivity index (χ0v) is 29.9. The Morgan fingerprint density at radius 2 is 1.06 bits per heavy atom. The highest BCUT2D eigenvalue weighted by molar-refractivity contribution is 5.76. The van der Waals surface area contributed by atoms with Gasteiger partial charge in [-0.15, -0.1) is 0 Å². The molecule has 4 aliphatic heterocycles. The summed E-state index contributed by atoms with van der Waals surface area (Å²) < 4.78 is 33.8. The van der Waals surface area contributed by atoms with Crippen LogP contribution in [-0.4, -0.2) is 97.4 Å². The van der Waals surface area contributed by atoms with Gasteiger partial charge >= 0.3 is 11.9 Å². The van der Waals surface area contributed by atoms with Crippen LogP contribution in [0.3, 0.4) is 0 Å². The van der Waals surface area contributed by atoms with Crippen LogP contribution in [-0.2, 0) is 38.0 Å². The smallest absolute Gasteiger partial charge is 0.310 e. The van der Waals surface area contributed by atoms with Gasteiger partial charge in [0.25, 0.3) is 0 Å². The number of carboxylic acid groups (broad SMARTS) is 2. The fraction of sp³-hybridized carbons (Fsp3) is 0.949. The molecule has 8 aliphatic rings. The predicted octanol–water partition coefficient (Wildman–Crippen LogP) is 6.41. The van der Waals surface area contributed by atoms with Crippen molar-refractivity contribution in [1.82, 2.24) is 0 Å². The average Bonchev–Trinajstić information content (AvgIpc) is 3.90. The molecule has 49 heavy (non-hydrogen) atoms. The highest BCUT2D eigenvalue weighted by Gasteiger charge is 2.59. The molecule has 8 rings (SSSR count). The molecule has 4 aliphatic carbocycles. The minimum atomic E-state index is -0.849. The second-order valence-corrected chi connectivity index (χ2v) is 17.4. The summed E-state index contributed by atoms with van der Waals surface area (Å²) in [6.45, 7) is 8.50. The molecule has 278 valence electrons. The van der Waals surface area contributed by atoms with E-state index in [2.05, 4.69) is 13.8 Å². The van der Waals surface area contributed by atoms with Gasteiger partial charge in [0.1, 0.15) is 12.2 Å². The summed E-state index contributed by atoms with van der Waals surface area (Å²) in [4.78, 5) is 23.4. The summed E-state index contributed by atoms with van der Waals surface area (Å²) in [6, 6.07) is 0. The molecular weight excluding hydrogens is 628 g/mol. The number of ether oxygens (including phenoxy) is 6. The minimum absolute atomic E-state index is 0.0412. The van der Waals surface area contributed by atoms with E-state index in [1.54, 1.807) is 0 Å². The van der Waals surface area contributed by atoms with Crippen molar-refractivity contribution in [3.05, 3.63) is 0 Å². The molecule has 10 heteroatoms. The van der Waals surface area contributed by atoms with E-state index in [1.807, 2.05) is 0 Å². The van der Waals surface area contributed by atoms with Crippen LogP contribution >= 0.6 is 0 Å². The maximum absolute atomic E-state index is 12.5. The quantitative estimate of drug-likeness (QED) is 0.185. The number of hydrogen-bond acceptors (Lipinski definition) is 8. The maximum atomic E-state index is 12.5. The topological polar surface area (TPSA) is 143 Å². The Morgan fingerprint density at radius 3 is 1.43 bits per heavy atom. The van der Waals surface area contributed by atoms with E-state index in [9.17, 15) is 14.7 Å².